The summed E-state index contributed by atoms with van der Waals surface area (Å²) in [4.78, 5) is 0.823. The van der Waals surface area contributed by atoms with Crippen LogP contribution in [0, 0.1) is 0 Å². The van der Waals surface area contributed by atoms with E-state index in [1.54, 1.807) is 6.07 Å². The van der Waals surface area contributed by atoms with E-state index in [1.807, 2.05) is 0 Å². The molecule has 7 heteroatoms. The Bertz CT molecular complexity index is 497. The first-order chi connectivity index (χ1) is 7.47. The molecule has 0 aliphatic carbocycles. The molecule has 16 heavy (non-hydrogen) atoms. The summed E-state index contributed by atoms with van der Waals surface area (Å²) in [7, 11) is -3.67. The molecule has 0 bridgehead atoms. The molecule has 0 amide bonds. The molecule has 1 fully saturated rings. The lowest BCUT2D eigenvalue weighted by Gasteiger charge is -2.25. The topological polar surface area (TPSA) is 95.4 Å². The number of sulfonamides is 1. The predicted octanol–water partition coefficient (Wildman–Crippen LogP) is 0.407. The summed E-state index contributed by atoms with van der Waals surface area (Å²) in [6, 6.07) is 4.47. The summed E-state index contributed by atoms with van der Waals surface area (Å²) in [5, 5.41) is 5.40. The van der Waals surface area contributed by atoms with E-state index in [9.17, 15) is 8.42 Å². The highest BCUT2D eigenvalue weighted by atomic mass is 32.2. The van der Waals surface area contributed by atoms with Crippen molar-refractivity contribution in [2.75, 3.05) is 18.9 Å². The number of nitrogens with two attached hydrogens (primary N) is 2. The minimum absolute atomic E-state index is 0.0874. The van der Waals surface area contributed by atoms with Crippen molar-refractivity contribution < 1.29 is 13.2 Å². The molecule has 0 spiro atoms. The van der Waals surface area contributed by atoms with Crippen molar-refractivity contribution in [1.29, 1.82) is 0 Å². The van der Waals surface area contributed by atoms with Gasteiger partial charge in [0.25, 0.3) is 0 Å². The SMILES string of the molecule is Nc1ccc(S(N)(=O)=O)cc1SC1COC1. The first-order valence-corrected chi connectivity index (χ1v) is 7.06. The average Bonchev–Trinajstić information content (AvgIpc) is 2.11. The molecule has 0 radical (unpaired) electrons. The van der Waals surface area contributed by atoms with Gasteiger partial charge < -0.3 is 10.5 Å². The Labute approximate surface area is 98.2 Å². The Morgan fingerprint density at radius 1 is 1.38 bits per heavy atom. The Hall–Kier alpha value is -0.760. The van der Waals surface area contributed by atoms with Crippen LogP contribution in [0.15, 0.2) is 28.0 Å². The number of rotatable bonds is 3. The number of ether oxygens (including phenoxy) is 1. The van der Waals surface area contributed by atoms with Gasteiger partial charge in [-0.15, -0.1) is 11.8 Å². The Kier molecular flexibility index (Phi) is 3.11. The van der Waals surface area contributed by atoms with E-state index >= 15 is 0 Å². The van der Waals surface area contributed by atoms with Crippen LogP contribution >= 0.6 is 11.8 Å². The molecule has 1 heterocycles. The number of nitrogen functional groups attached to an aromatic ring is 1. The molecule has 1 aliphatic heterocycles. The van der Waals surface area contributed by atoms with Crippen LogP contribution < -0.4 is 10.9 Å². The van der Waals surface area contributed by atoms with Crippen molar-refractivity contribution in [1.82, 2.24) is 0 Å². The van der Waals surface area contributed by atoms with Gasteiger partial charge in [0.1, 0.15) is 0 Å². The van der Waals surface area contributed by atoms with E-state index in [4.69, 9.17) is 15.6 Å². The van der Waals surface area contributed by atoms with Crippen molar-refractivity contribution >= 4 is 27.5 Å². The molecule has 0 unspecified atom stereocenters. The highest BCUT2D eigenvalue weighted by Crippen LogP contribution is 2.33. The van der Waals surface area contributed by atoms with Crippen LogP contribution in [-0.2, 0) is 14.8 Å². The summed E-state index contributed by atoms with van der Waals surface area (Å²) >= 11 is 1.52. The lowest BCUT2D eigenvalue weighted by molar-refractivity contribution is 0.0455. The van der Waals surface area contributed by atoms with Gasteiger partial charge >= 0.3 is 0 Å². The minimum atomic E-state index is -3.67. The van der Waals surface area contributed by atoms with Gasteiger partial charge in [0.15, 0.2) is 0 Å². The summed E-state index contributed by atoms with van der Waals surface area (Å²) in [5.74, 6) is 0. The lowest BCUT2D eigenvalue weighted by atomic mass is 10.3. The fourth-order valence-electron chi connectivity index (χ4n) is 1.26. The van der Waals surface area contributed by atoms with Crippen LogP contribution in [0.25, 0.3) is 0 Å². The molecule has 2 rings (SSSR count). The molecule has 1 saturated heterocycles. The maximum atomic E-state index is 11.2. The third-order valence-corrected chi connectivity index (χ3v) is 4.34. The largest absolute Gasteiger partial charge is 0.398 e. The molecule has 0 aromatic heterocycles. The van der Waals surface area contributed by atoms with E-state index in [-0.39, 0.29) is 4.90 Å². The Morgan fingerprint density at radius 3 is 2.56 bits per heavy atom. The van der Waals surface area contributed by atoms with Gasteiger partial charge in [0.05, 0.1) is 23.4 Å². The Morgan fingerprint density at radius 2 is 2.06 bits per heavy atom. The molecular formula is C9H12N2O3S2. The smallest absolute Gasteiger partial charge is 0.238 e. The third-order valence-electron chi connectivity index (χ3n) is 2.21. The highest BCUT2D eigenvalue weighted by molar-refractivity contribution is 8.00. The molecule has 1 aromatic rings. The molecule has 0 atom stereocenters. The monoisotopic (exact) mass is 260 g/mol. The van der Waals surface area contributed by atoms with E-state index in [2.05, 4.69) is 0 Å². The highest BCUT2D eigenvalue weighted by Gasteiger charge is 2.21. The van der Waals surface area contributed by atoms with E-state index in [0.717, 1.165) is 4.90 Å². The van der Waals surface area contributed by atoms with Crippen molar-refractivity contribution in [2.45, 2.75) is 15.0 Å². The number of benzene rings is 1. The summed E-state index contributed by atoms with van der Waals surface area (Å²) in [6.07, 6.45) is 0. The maximum Gasteiger partial charge on any atom is 0.238 e. The predicted molar refractivity (Wildman–Crippen MR) is 62.7 cm³/mol. The molecule has 1 aliphatic rings. The van der Waals surface area contributed by atoms with E-state index < -0.39 is 10.0 Å². The van der Waals surface area contributed by atoms with Crippen LogP contribution in [-0.4, -0.2) is 26.9 Å². The first-order valence-electron chi connectivity index (χ1n) is 4.63. The summed E-state index contributed by atoms with van der Waals surface area (Å²) in [5.41, 5.74) is 6.32. The summed E-state index contributed by atoms with van der Waals surface area (Å²) in [6.45, 7) is 1.34. The number of hydrogen-bond acceptors (Lipinski definition) is 5. The second-order valence-electron chi connectivity index (χ2n) is 3.52. The molecule has 88 valence electrons. The average molecular weight is 260 g/mol. The van der Waals surface area contributed by atoms with Crippen LogP contribution in [0.5, 0.6) is 0 Å². The summed E-state index contributed by atoms with van der Waals surface area (Å²) < 4.78 is 27.4. The van der Waals surface area contributed by atoms with Crippen molar-refractivity contribution in [3.63, 3.8) is 0 Å². The normalized spacial score (nSPS) is 17.1. The Balaban J connectivity index is 2.28. The van der Waals surface area contributed by atoms with Crippen LogP contribution in [0.1, 0.15) is 0 Å². The molecule has 1 aromatic carbocycles. The molecule has 0 saturated carbocycles. The van der Waals surface area contributed by atoms with Gasteiger partial charge in [0, 0.05) is 10.6 Å². The van der Waals surface area contributed by atoms with Gasteiger partial charge in [-0.25, -0.2) is 13.6 Å². The number of hydrogen-bond donors (Lipinski definition) is 2. The fraction of sp³-hybridized carbons (Fsp3) is 0.333. The first kappa shape index (κ1) is 11.7. The van der Waals surface area contributed by atoms with Gasteiger partial charge in [-0.05, 0) is 18.2 Å². The molecular weight excluding hydrogens is 248 g/mol. The number of primary sulfonamides is 1. The quantitative estimate of drug-likeness (QED) is 0.767. The standard InChI is InChI=1S/C9H12N2O3S2/c10-8-2-1-7(16(11,12)13)3-9(8)15-6-4-14-5-6/h1-3,6H,4-5,10H2,(H2,11,12,13). The van der Waals surface area contributed by atoms with Crippen molar-refractivity contribution in [3.8, 4) is 0 Å². The maximum absolute atomic E-state index is 11.2. The number of thioether (sulfide) groups is 1. The van der Waals surface area contributed by atoms with E-state index in [0.29, 0.717) is 24.2 Å². The zero-order chi connectivity index (χ0) is 11.8. The van der Waals surface area contributed by atoms with Crippen molar-refractivity contribution in [2.24, 2.45) is 5.14 Å². The van der Waals surface area contributed by atoms with Gasteiger partial charge in [-0.2, -0.15) is 0 Å². The van der Waals surface area contributed by atoms with Gasteiger partial charge in [0.2, 0.25) is 10.0 Å². The van der Waals surface area contributed by atoms with E-state index in [1.165, 1.54) is 23.9 Å². The third kappa shape index (κ3) is 2.49. The minimum Gasteiger partial charge on any atom is -0.398 e. The zero-order valence-corrected chi connectivity index (χ0v) is 10.1. The van der Waals surface area contributed by atoms with Gasteiger partial charge in [-0.3, -0.25) is 0 Å². The van der Waals surface area contributed by atoms with Crippen LogP contribution in [0.3, 0.4) is 0 Å². The van der Waals surface area contributed by atoms with Gasteiger partial charge in [-0.1, -0.05) is 0 Å². The lowest BCUT2D eigenvalue weighted by Crippen LogP contribution is -2.30. The zero-order valence-electron chi connectivity index (χ0n) is 8.42. The number of anilines is 1. The van der Waals surface area contributed by atoms with Crippen LogP contribution in [0.2, 0.25) is 0 Å². The molecule has 4 N–H and O–H groups in total. The fourth-order valence-corrected chi connectivity index (χ4v) is 2.96. The van der Waals surface area contributed by atoms with Crippen molar-refractivity contribution in [3.05, 3.63) is 18.2 Å². The molecule has 5 nitrogen and oxygen atoms in total. The van der Waals surface area contributed by atoms with Crippen LogP contribution in [0.4, 0.5) is 5.69 Å². The second-order valence-corrected chi connectivity index (χ2v) is 6.43. The second kappa shape index (κ2) is 4.25.